The van der Waals surface area contributed by atoms with E-state index >= 15 is 0 Å². The van der Waals surface area contributed by atoms with E-state index in [4.69, 9.17) is 5.11 Å². The normalized spacial score (nSPS) is 23.1. The maximum absolute atomic E-state index is 10.6. The molecule has 1 aliphatic rings. The third kappa shape index (κ3) is 6.43. The summed E-state index contributed by atoms with van der Waals surface area (Å²) in [7, 11) is 0. The molecule has 0 heterocycles. The number of carboxylic acids is 1. The first-order chi connectivity index (χ1) is 10.6. The van der Waals surface area contributed by atoms with Gasteiger partial charge in [-0.3, -0.25) is 0 Å². The van der Waals surface area contributed by atoms with Gasteiger partial charge in [0, 0.05) is 6.08 Å². The summed E-state index contributed by atoms with van der Waals surface area (Å²) in [4.78, 5) is 10.6. The molecule has 0 spiro atoms. The smallest absolute Gasteiger partial charge is 0.328 e. The SMILES string of the molecule is CC1=C(/C=C/C(C)=C/C=C/C(C)=C/C(=O)O)C(C)(C)CC(C)C1. The number of rotatable bonds is 5. The molecule has 1 atom stereocenters. The highest BCUT2D eigenvalue weighted by molar-refractivity contribution is 5.81. The minimum atomic E-state index is -0.913. The molecular weight excluding hydrogens is 284 g/mol. The first kappa shape index (κ1) is 19.2. The van der Waals surface area contributed by atoms with E-state index in [2.05, 4.69) is 46.8 Å². The number of carbonyl (C=O) groups is 1. The van der Waals surface area contributed by atoms with Gasteiger partial charge >= 0.3 is 5.97 Å². The standard InChI is InChI=1S/C21H30O2/c1-15(8-7-9-16(2)13-20(22)23)10-11-19-18(4)12-17(3)14-21(19,5)6/h7-11,13,17H,12,14H2,1-6H3,(H,22,23)/b9-7+,11-10+,15-8+,16-13+. The summed E-state index contributed by atoms with van der Waals surface area (Å²) in [6.45, 7) is 13.1. The molecule has 0 fully saturated rings. The number of hydrogen-bond donors (Lipinski definition) is 1. The fourth-order valence-electron chi connectivity index (χ4n) is 3.50. The summed E-state index contributed by atoms with van der Waals surface area (Å²) in [5.41, 5.74) is 5.06. The predicted molar refractivity (Wildman–Crippen MR) is 98.3 cm³/mol. The van der Waals surface area contributed by atoms with Gasteiger partial charge < -0.3 is 5.11 Å². The summed E-state index contributed by atoms with van der Waals surface area (Å²) in [5, 5.41) is 8.67. The number of allylic oxidation sites excluding steroid dienone is 9. The fraction of sp³-hybridized carbons (Fsp3) is 0.476. The molecule has 2 heteroatoms. The zero-order chi connectivity index (χ0) is 17.6. The second-order valence-corrected chi connectivity index (χ2v) is 7.42. The van der Waals surface area contributed by atoms with Crippen LogP contribution in [-0.2, 0) is 4.79 Å². The molecule has 0 aromatic heterocycles. The minimum absolute atomic E-state index is 0.231. The predicted octanol–water partition coefficient (Wildman–Crippen LogP) is 5.85. The van der Waals surface area contributed by atoms with Crippen molar-refractivity contribution in [3.63, 3.8) is 0 Å². The van der Waals surface area contributed by atoms with Crippen LogP contribution in [0, 0.1) is 11.3 Å². The Balaban J connectivity index is 2.84. The van der Waals surface area contributed by atoms with Gasteiger partial charge in [-0.15, -0.1) is 0 Å². The van der Waals surface area contributed by atoms with Gasteiger partial charge in [0.2, 0.25) is 0 Å². The zero-order valence-corrected chi connectivity index (χ0v) is 15.3. The first-order valence-corrected chi connectivity index (χ1v) is 8.26. The van der Waals surface area contributed by atoms with Gasteiger partial charge in [0.25, 0.3) is 0 Å². The van der Waals surface area contributed by atoms with E-state index in [1.54, 1.807) is 6.92 Å². The van der Waals surface area contributed by atoms with Gasteiger partial charge in [-0.05, 0) is 56.1 Å². The second kappa shape index (κ2) is 8.14. The molecule has 0 aromatic carbocycles. The van der Waals surface area contributed by atoms with Crippen LogP contribution >= 0.6 is 0 Å². The van der Waals surface area contributed by atoms with Crippen LogP contribution in [0.25, 0.3) is 0 Å². The van der Waals surface area contributed by atoms with Crippen LogP contribution in [0.4, 0.5) is 0 Å². The molecule has 126 valence electrons. The summed E-state index contributed by atoms with van der Waals surface area (Å²) in [6.07, 6.45) is 13.7. The van der Waals surface area contributed by atoms with Crippen LogP contribution in [0.5, 0.6) is 0 Å². The molecule has 0 aliphatic heterocycles. The van der Waals surface area contributed by atoms with Crippen molar-refractivity contribution < 1.29 is 9.90 Å². The van der Waals surface area contributed by atoms with E-state index in [1.165, 1.54) is 30.1 Å². The number of carboxylic acid groups (broad SMARTS) is 1. The van der Waals surface area contributed by atoms with Gasteiger partial charge in [0.05, 0.1) is 0 Å². The highest BCUT2D eigenvalue weighted by Crippen LogP contribution is 2.43. The molecule has 0 amide bonds. The van der Waals surface area contributed by atoms with Crippen LogP contribution in [0.15, 0.2) is 58.7 Å². The first-order valence-electron chi connectivity index (χ1n) is 8.26. The highest BCUT2D eigenvalue weighted by Gasteiger charge is 2.30. The Hall–Kier alpha value is -1.83. The van der Waals surface area contributed by atoms with Gasteiger partial charge in [-0.2, -0.15) is 0 Å². The molecule has 2 nitrogen and oxygen atoms in total. The van der Waals surface area contributed by atoms with Crippen LogP contribution in [0.2, 0.25) is 0 Å². The molecule has 1 unspecified atom stereocenters. The van der Waals surface area contributed by atoms with Crippen LogP contribution in [0.1, 0.15) is 54.4 Å². The molecule has 0 saturated heterocycles. The van der Waals surface area contributed by atoms with Crippen molar-refractivity contribution in [2.75, 3.05) is 0 Å². The number of aliphatic carboxylic acids is 1. The Kier molecular flexibility index (Phi) is 6.80. The lowest BCUT2D eigenvalue weighted by Gasteiger charge is -2.36. The molecule has 1 aliphatic carbocycles. The molecular formula is C21H30O2. The van der Waals surface area contributed by atoms with Crippen LogP contribution < -0.4 is 0 Å². The zero-order valence-electron chi connectivity index (χ0n) is 15.3. The highest BCUT2D eigenvalue weighted by atomic mass is 16.4. The Labute approximate surface area is 141 Å². The van der Waals surface area contributed by atoms with Gasteiger partial charge in [0.15, 0.2) is 0 Å². The van der Waals surface area contributed by atoms with E-state index in [9.17, 15) is 4.79 Å². The van der Waals surface area contributed by atoms with Gasteiger partial charge in [0.1, 0.15) is 0 Å². The monoisotopic (exact) mass is 314 g/mol. The lowest BCUT2D eigenvalue weighted by molar-refractivity contribution is -0.131. The van der Waals surface area contributed by atoms with Crippen molar-refractivity contribution in [2.45, 2.75) is 54.4 Å². The lowest BCUT2D eigenvalue weighted by atomic mass is 9.69. The number of hydrogen-bond acceptors (Lipinski definition) is 1. The summed E-state index contributed by atoms with van der Waals surface area (Å²) in [6, 6.07) is 0. The Morgan fingerprint density at radius 3 is 2.43 bits per heavy atom. The molecule has 0 aromatic rings. The molecule has 0 bridgehead atoms. The maximum atomic E-state index is 10.6. The Morgan fingerprint density at radius 1 is 1.22 bits per heavy atom. The molecule has 1 N–H and O–H groups in total. The fourth-order valence-corrected chi connectivity index (χ4v) is 3.50. The van der Waals surface area contributed by atoms with E-state index in [1.807, 2.05) is 18.2 Å². The summed E-state index contributed by atoms with van der Waals surface area (Å²) < 4.78 is 0. The Bertz CT molecular complexity index is 595. The van der Waals surface area contributed by atoms with Crippen molar-refractivity contribution >= 4 is 5.97 Å². The van der Waals surface area contributed by atoms with Gasteiger partial charge in [-0.1, -0.05) is 62.3 Å². The quantitative estimate of drug-likeness (QED) is 0.510. The van der Waals surface area contributed by atoms with Crippen molar-refractivity contribution in [1.82, 2.24) is 0 Å². The third-order valence-electron chi connectivity index (χ3n) is 4.28. The average Bonchev–Trinajstić information content (AvgIpc) is 2.35. The van der Waals surface area contributed by atoms with E-state index < -0.39 is 5.97 Å². The van der Waals surface area contributed by atoms with Crippen molar-refractivity contribution in [1.29, 1.82) is 0 Å². The molecule has 0 radical (unpaired) electrons. The molecule has 0 saturated carbocycles. The average molecular weight is 314 g/mol. The summed E-state index contributed by atoms with van der Waals surface area (Å²) >= 11 is 0. The molecule has 23 heavy (non-hydrogen) atoms. The lowest BCUT2D eigenvalue weighted by Crippen LogP contribution is -2.23. The van der Waals surface area contributed by atoms with Crippen molar-refractivity contribution in [3.05, 3.63) is 58.7 Å². The van der Waals surface area contributed by atoms with E-state index in [0.29, 0.717) is 0 Å². The van der Waals surface area contributed by atoms with Crippen molar-refractivity contribution in [3.8, 4) is 0 Å². The van der Waals surface area contributed by atoms with Gasteiger partial charge in [-0.25, -0.2) is 4.79 Å². The van der Waals surface area contributed by atoms with Crippen LogP contribution in [-0.4, -0.2) is 11.1 Å². The maximum Gasteiger partial charge on any atom is 0.328 e. The second-order valence-electron chi connectivity index (χ2n) is 7.42. The Morgan fingerprint density at radius 2 is 1.87 bits per heavy atom. The van der Waals surface area contributed by atoms with E-state index in [-0.39, 0.29) is 5.41 Å². The summed E-state index contributed by atoms with van der Waals surface area (Å²) in [5.74, 6) is -0.158. The minimum Gasteiger partial charge on any atom is -0.478 e. The topological polar surface area (TPSA) is 37.3 Å². The molecule has 1 rings (SSSR count). The van der Waals surface area contributed by atoms with E-state index in [0.717, 1.165) is 17.1 Å². The third-order valence-corrected chi connectivity index (χ3v) is 4.28. The largest absolute Gasteiger partial charge is 0.478 e. The van der Waals surface area contributed by atoms with Crippen molar-refractivity contribution in [2.24, 2.45) is 11.3 Å². The van der Waals surface area contributed by atoms with Crippen LogP contribution in [0.3, 0.4) is 0 Å².